The number of nitrogen functional groups attached to an aromatic ring is 1. The summed E-state index contributed by atoms with van der Waals surface area (Å²) in [7, 11) is 0. The second kappa shape index (κ2) is 2.92. The number of hydrogen-bond acceptors (Lipinski definition) is 4. The second-order valence-corrected chi connectivity index (χ2v) is 1.94. The first kappa shape index (κ1) is 7.40. The topological polar surface area (TPSA) is 72.6 Å². The van der Waals surface area contributed by atoms with E-state index in [-0.39, 0.29) is 18.0 Å². The number of phenols is 1. The van der Waals surface area contributed by atoms with Gasteiger partial charge >= 0.3 is 0 Å². The summed E-state index contributed by atoms with van der Waals surface area (Å²) < 4.78 is 4.41. The summed E-state index contributed by atoms with van der Waals surface area (Å²) in [5, 5.41) is 9.03. The van der Waals surface area contributed by atoms with Gasteiger partial charge in [-0.1, -0.05) is 0 Å². The van der Waals surface area contributed by atoms with E-state index in [1.165, 1.54) is 18.2 Å². The zero-order valence-corrected chi connectivity index (χ0v) is 5.65. The standard InChI is InChI=1S/C7H7NO3/c8-5-1-2-6(10)7(3-5)11-4-9/h1-4,10H,8H2. The molecule has 1 rings (SSSR count). The van der Waals surface area contributed by atoms with Crippen molar-refractivity contribution in [3.05, 3.63) is 18.2 Å². The molecule has 3 N–H and O–H groups in total. The molecule has 0 radical (unpaired) electrons. The zero-order valence-electron chi connectivity index (χ0n) is 5.65. The highest BCUT2D eigenvalue weighted by Gasteiger charge is 2.00. The molecule has 0 saturated carbocycles. The van der Waals surface area contributed by atoms with E-state index in [9.17, 15) is 4.79 Å². The molecule has 0 aliphatic carbocycles. The van der Waals surface area contributed by atoms with Crippen LogP contribution >= 0.6 is 0 Å². The smallest absolute Gasteiger partial charge is 0.298 e. The minimum Gasteiger partial charge on any atom is -0.504 e. The average Bonchev–Trinajstić information content (AvgIpc) is 1.98. The van der Waals surface area contributed by atoms with Gasteiger partial charge in [0.1, 0.15) is 0 Å². The molecule has 4 nitrogen and oxygen atoms in total. The number of ether oxygens (including phenoxy) is 1. The van der Waals surface area contributed by atoms with Gasteiger partial charge in [-0.05, 0) is 12.1 Å². The van der Waals surface area contributed by atoms with E-state index in [0.717, 1.165) is 0 Å². The van der Waals surface area contributed by atoms with Crippen LogP contribution < -0.4 is 10.5 Å². The van der Waals surface area contributed by atoms with Gasteiger partial charge in [-0.25, -0.2) is 0 Å². The van der Waals surface area contributed by atoms with E-state index in [1.54, 1.807) is 0 Å². The van der Waals surface area contributed by atoms with Crippen LogP contribution in [0.4, 0.5) is 5.69 Å². The van der Waals surface area contributed by atoms with E-state index in [2.05, 4.69) is 4.74 Å². The Bertz CT molecular complexity index is 272. The summed E-state index contributed by atoms with van der Waals surface area (Å²) in [5.41, 5.74) is 5.78. The summed E-state index contributed by atoms with van der Waals surface area (Å²) in [6, 6.07) is 4.23. The third kappa shape index (κ3) is 1.61. The van der Waals surface area contributed by atoms with Crippen molar-refractivity contribution in [3.63, 3.8) is 0 Å². The number of phenolic OH excluding ortho intramolecular Hbond substituents is 1. The number of rotatable bonds is 2. The molecule has 0 fully saturated rings. The summed E-state index contributed by atoms with van der Waals surface area (Å²) >= 11 is 0. The molecular weight excluding hydrogens is 146 g/mol. The molecule has 0 spiro atoms. The molecule has 0 saturated heterocycles. The molecule has 1 aromatic carbocycles. The van der Waals surface area contributed by atoms with Crippen LogP contribution in [-0.4, -0.2) is 11.6 Å². The number of hydrogen-bond donors (Lipinski definition) is 2. The van der Waals surface area contributed by atoms with Gasteiger partial charge < -0.3 is 15.6 Å². The Kier molecular flexibility index (Phi) is 1.96. The lowest BCUT2D eigenvalue weighted by atomic mass is 10.3. The highest BCUT2D eigenvalue weighted by Crippen LogP contribution is 2.26. The Morgan fingerprint density at radius 1 is 1.55 bits per heavy atom. The monoisotopic (exact) mass is 153 g/mol. The molecule has 0 aromatic heterocycles. The Morgan fingerprint density at radius 3 is 2.91 bits per heavy atom. The average molecular weight is 153 g/mol. The maximum absolute atomic E-state index is 9.86. The lowest BCUT2D eigenvalue weighted by Gasteiger charge is -2.00. The lowest BCUT2D eigenvalue weighted by molar-refractivity contribution is -0.120. The molecule has 0 aliphatic heterocycles. The third-order valence-electron chi connectivity index (χ3n) is 1.16. The minimum absolute atomic E-state index is 0.0694. The van der Waals surface area contributed by atoms with E-state index in [0.29, 0.717) is 5.69 Å². The van der Waals surface area contributed by atoms with Crippen molar-refractivity contribution in [3.8, 4) is 11.5 Å². The number of aromatic hydroxyl groups is 1. The molecular formula is C7H7NO3. The van der Waals surface area contributed by atoms with Crippen LogP contribution in [0.25, 0.3) is 0 Å². The van der Waals surface area contributed by atoms with Gasteiger partial charge in [-0.3, -0.25) is 4.79 Å². The van der Waals surface area contributed by atoms with Crippen LogP contribution in [0.5, 0.6) is 11.5 Å². The summed E-state index contributed by atoms with van der Waals surface area (Å²) in [4.78, 5) is 9.86. The Balaban J connectivity index is 3.01. The molecule has 0 aliphatic rings. The number of anilines is 1. The Hall–Kier alpha value is -1.71. The highest BCUT2D eigenvalue weighted by atomic mass is 16.5. The first-order chi connectivity index (χ1) is 5.24. The quantitative estimate of drug-likeness (QED) is 0.369. The van der Waals surface area contributed by atoms with Gasteiger partial charge in [0.05, 0.1) is 0 Å². The fourth-order valence-electron chi connectivity index (χ4n) is 0.677. The first-order valence-electron chi connectivity index (χ1n) is 2.93. The molecule has 0 bridgehead atoms. The van der Waals surface area contributed by atoms with Crippen molar-refractivity contribution in [2.45, 2.75) is 0 Å². The van der Waals surface area contributed by atoms with Crippen LogP contribution in [0.2, 0.25) is 0 Å². The first-order valence-corrected chi connectivity index (χ1v) is 2.93. The molecule has 0 heterocycles. The molecule has 0 unspecified atom stereocenters. The largest absolute Gasteiger partial charge is 0.504 e. The van der Waals surface area contributed by atoms with E-state index < -0.39 is 0 Å². The van der Waals surface area contributed by atoms with Crippen LogP contribution in [0, 0.1) is 0 Å². The van der Waals surface area contributed by atoms with Gasteiger partial charge in [-0.15, -0.1) is 0 Å². The number of nitrogens with two attached hydrogens (primary N) is 1. The Labute approximate surface area is 63.2 Å². The second-order valence-electron chi connectivity index (χ2n) is 1.94. The van der Waals surface area contributed by atoms with E-state index in [4.69, 9.17) is 10.8 Å². The molecule has 58 valence electrons. The van der Waals surface area contributed by atoms with Crippen LogP contribution in [0.1, 0.15) is 0 Å². The van der Waals surface area contributed by atoms with Crippen LogP contribution in [0.3, 0.4) is 0 Å². The SMILES string of the molecule is Nc1ccc(O)c(OC=O)c1. The molecule has 0 atom stereocenters. The van der Waals surface area contributed by atoms with E-state index in [1.807, 2.05) is 0 Å². The van der Waals surface area contributed by atoms with Crippen molar-refractivity contribution in [1.29, 1.82) is 0 Å². The zero-order chi connectivity index (χ0) is 8.27. The maximum atomic E-state index is 9.86. The normalized spacial score (nSPS) is 9.09. The third-order valence-corrected chi connectivity index (χ3v) is 1.16. The predicted molar refractivity (Wildman–Crippen MR) is 39.2 cm³/mol. The Morgan fingerprint density at radius 2 is 2.27 bits per heavy atom. The van der Waals surface area contributed by atoms with Crippen molar-refractivity contribution < 1.29 is 14.6 Å². The van der Waals surface area contributed by atoms with Crippen LogP contribution in [-0.2, 0) is 4.79 Å². The summed E-state index contributed by atoms with van der Waals surface area (Å²) in [6.45, 7) is 0.231. The summed E-state index contributed by atoms with van der Waals surface area (Å²) in [5.74, 6) is -0.0358. The predicted octanol–water partition coefficient (Wildman–Crippen LogP) is 0.510. The van der Waals surface area contributed by atoms with E-state index >= 15 is 0 Å². The number of carbonyl (C=O) groups excluding carboxylic acids is 1. The van der Waals surface area contributed by atoms with Crippen molar-refractivity contribution >= 4 is 12.2 Å². The van der Waals surface area contributed by atoms with Crippen molar-refractivity contribution in [2.75, 3.05) is 5.73 Å². The van der Waals surface area contributed by atoms with Crippen molar-refractivity contribution in [1.82, 2.24) is 0 Å². The minimum atomic E-state index is -0.105. The van der Waals surface area contributed by atoms with Gasteiger partial charge in [0.2, 0.25) is 0 Å². The summed E-state index contributed by atoms with van der Waals surface area (Å²) in [6.07, 6.45) is 0. The van der Waals surface area contributed by atoms with Gasteiger partial charge in [0.25, 0.3) is 6.47 Å². The highest BCUT2D eigenvalue weighted by molar-refractivity contribution is 5.56. The fraction of sp³-hybridized carbons (Fsp3) is 0. The molecule has 11 heavy (non-hydrogen) atoms. The fourth-order valence-corrected chi connectivity index (χ4v) is 0.677. The van der Waals surface area contributed by atoms with Crippen molar-refractivity contribution in [2.24, 2.45) is 0 Å². The lowest BCUT2D eigenvalue weighted by Crippen LogP contribution is -1.91. The molecule has 4 heteroatoms. The van der Waals surface area contributed by atoms with Gasteiger partial charge in [0.15, 0.2) is 11.5 Å². The van der Waals surface area contributed by atoms with Gasteiger partial charge in [-0.2, -0.15) is 0 Å². The molecule has 0 amide bonds. The number of carbonyl (C=O) groups is 1. The molecule has 1 aromatic rings. The number of benzene rings is 1. The van der Waals surface area contributed by atoms with Gasteiger partial charge in [0, 0.05) is 11.8 Å². The van der Waals surface area contributed by atoms with Crippen LogP contribution in [0.15, 0.2) is 18.2 Å². The maximum Gasteiger partial charge on any atom is 0.298 e.